The van der Waals surface area contributed by atoms with Crippen LogP contribution in [0.2, 0.25) is 0 Å². The highest BCUT2D eigenvalue weighted by molar-refractivity contribution is 5.16. The van der Waals surface area contributed by atoms with E-state index in [0.717, 1.165) is 38.0 Å². The van der Waals surface area contributed by atoms with E-state index in [2.05, 4.69) is 25.9 Å². The quantitative estimate of drug-likeness (QED) is 0.845. The number of aryl methyl sites for hydroxylation is 1. The number of rotatable bonds is 6. The molecule has 2 unspecified atom stereocenters. The first-order valence-corrected chi connectivity index (χ1v) is 7.11. The van der Waals surface area contributed by atoms with Crippen molar-refractivity contribution in [3.8, 4) is 5.75 Å². The fourth-order valence-corrected chi connectivity index (χ4v) is 3.09. The van der Waals surface area contributed by atoms with Crippen molar-refractivity contribution in [3.63, 3.8) is 0 Å². The Balaban J connectivity index is 2.01. The van der Waals surface area contributed by atoms with Gasteiger partial charge in [0.15, 0.2) is 5.75 Å². The Morgan fingerprint density at radius 1 is 1.44 bits per heavy atom. The smallest absolute Gasteiger partial charge is 0.157 e. The van der Waals surface area contributed by atoms with E-state index in [9.17, 15) is 0 Å². The maximum atomic E-state index is 6.17. The van der Waals surface area contributed by atoms with Gasteiger partial charge in [-0.05, 0) is 19.3 Å². The van der Waals surface area contributed by atoms with E-state index in [-0.39, 0.29) is 17.6 Å². The summed E-state index contributed by atoms with van der Waals surface area (Å²) in [4.78, 5) is 0. The van der Waals surface area contributed by atoms with Crippen molar-refractivity contribution >= 4 is 0 Å². The van der Waals surface area contributed by atoms with Gasteiger partial charge in [-0.3, -0.25) is 4.68 Å². The molecule has 18 heavy (non-hydrogen) atoms. The first kappa shape index (κ1) is 13.4. The highest BCUT2D eigenvalue weighted by Gasteiger charge is 2.52. The maximum absolute atomic E-state index is 6.17. The highest BCUT2D eigenvalue weighted by Crippen LogP contribution is 2.47. The topological polar surface area (TPSA) is 53.1 Å². The Hall–Kier alpha value is -1.03. The fraction of sp³-hybridized carbons (Fsp3) is 0.786. The van der Waals surface area contributed by atoms with Gasteiger partial charge in [-0.25, -0.2) is 0 Å². The molecular formula is C14H25N3O. The van der Waals surface area contributed by atoms with Crippen LogP contribution in [0.1, 0.15) is 46.5 Å². The monoisotopic (exact) mass is 251 g/mol. The standard InChI is InChI=1S/C14H25N3O/c1-4-7-17-10-11(9-16-17)18-13-8-12(15)14(13,5-2)6-3/h9-10,12-13H,4-8,15H2,1-3H3. The van der Waals surface area contributed by atoms with E-state index in [1.54, 1.807) is 0 Å². The third-order valence-corrected chi connectivity index (χ3v) is 4.50. The van der Waals surface area contributed by atoms with Crippen LogP contribution in [0.3, 0.4) is 0 Å². The van der Waals surface area contributed by atoms with E-state index >= 15 is 0 Å². The van der Waals surface area contributed by atoms with Crippen molar-refractivity contribution in [2.75, 3.05) is 0 Å². The zero-order valence-corrected chi connectivity index (χ0v) is 11.7. The molecule has 2 rings (SSSR count). The predicted octanol–water partition coefficient (Wildman–Crippen LogP) is 2.58. The molecule has 1 aliphatic carbocycles. The number of nitrogens with two attached hydrogens (primary N) is 1. The lowest BCUT2D eigenvalue weighted by atomic mass is 9.59. The third-order valence-electron chi connectivity index (χ3n) is 4.50. The number of aromatic nitrogens is 2. The van der Waals surface area contributed by atoms with Crippen molar-refractivity contribution in [2.45, 2.75) is 65.1 Å². The summed E-state index contributed by atoms with van der Waals surface area (Å²) in [6.45, 7) is 7.51. The summed E-state index contributed by atoms with van der Waals surface area (Å²) in [5.41, 5.74) is 6.33. The van der Waals surface area contributed by atoms with Gasteiger partial charge in [-0.15, -0.1) is 0 Å². The highest BCUT2D eigenvalue weighted by atomic mass is 16.5. The molecule has 1 saturated carbocycles. The molecule has 0 radical (unpaired) electrons. The van der Waals surface area contributed by atoms with Crippen molar-refractivity contribution in [1.82, 2.24) is 9.78 Å². The Morgan fingerprint density at radius 3 is 2.72 bits per heavy atom. The lowest BCUT2D eigenvalue weighted by Gasteiger charge is -2.53. The molecule has 1 aromatic heterocycles. The minimum Gasteiger partial charge on any atom is -0.486 e. The van der Waals surface area contributed by atoms with Crippen molar-refractivity contribution in [2.24, 2.45) is 11.1 Å². The molecule has 102 valence electrons. The first-order valence-electron chi connectivity index (χ1n) is 7.11. The van der Waals surface area contributed by atoms with Crippen LogP contribution in [0.15, 0.2) is 12.4 Å². The number of ether oxygens (including phenoxy) is 1. The van der Waals surface area contributed by atoms with Gasteiger partial charge in [-0.1, -0.05) is 20.8 Å². The van der Waals surface area contributed by atoms with Gasteiger partial charge >= 0.3 is 0 Å². The molecule has 2 atom stereocenters. The Bertz CT molecular complexity index is 384. The van der Waals surface area contributed by atoms with Crippen LogP contribution in [0, 0.1) is 5.41 Å². The predicted molar refractivity (Wildman–Crippen MR) is 72.5 cm³/mol. The number of nitrogens with zero attached hydrogens (tertiary/aromatic N) is 2. The van der Waals surface area contributed by atoms with Crippen LogP contribution in [0.25, 0.3) is 0 Å². The fourth-order valence-electron chi connectivity index (χ4n) is 3.09. The lowest BCUT2D eigenvalue weighted by molar-refractivity contribution is -0.0722. The zero-order valence-electron chi connectivity index (χ0n) is 11.7. The van der Waals surface area contributed by atoms with Crippen molar-refractivity contribution in [3.05, 3.63) is 12.4 Å². The van der Waals surface area contributed by atoms with Gasteiger partial charge in [0.05, 0.1) is 12.4 Å². The van der Waals surface area contributed by atoms with Crippen LogP contribution in [0.4, 0.5) is 0 Å². The molecule has 4 heteroatoms. The van der Waals surface area contributed by atoms with Gasteiger partial charge in [-0.2, -0.15) is 5.10 Å². The molecule has 0 saturated heterocycles. The first-order chi connectivity index (χ1) is 8.66. The average molecular weight is 251 g/mol. The summed E-state index contributed by atoms with van der Waals surface area (Å²) in [6.07, 6.45) is 8.27. The minimum absolute atomic E-state index is 0.160. The van der Waals surface area contributed by atoms with Crippen LogP contribution in [-0.2, 0) is 6.54 Å². The van der Waals surface area contributed by atoms with E-state index in [1.165, 1.54) is 0 Å². The molecule has 0 bridgehead atoms. The van der Waals surface area contributed by atoms with Crippen LogP contribution in [-0.4, -0.2) is 21.9 Å². The molecule has 1 aromatic rings. The molecule has 1 fully saturated rings. The van der Waals surface area contributed by atoms with Gasteiger partial charge < -0.3 is 10.5 Å². The second-order valence-corrected chi connectivity index (χ2v) is 5.33. The minimum atomic E-state index is 0.160. The van der Waals surface area contributed by atoms with Gasteiger partial charge in [0.2, 0.25) is 0 Å². The lowest BCUT2D eigenvalue weighted by Crippen LogP contribution is -2.62. The maximum Gasteiger partial charge on any atom is 0.157 e. The van der Waals surface area contributed by atoms with Gasteiger partial charge in [0.25, 0.3) is 0 Å². The SMILES string of the molecule is CCCn1cc(OC2CC(N)C2(CC)CC)cn1. The summed E-state index contributed by atoms with van der Waals surface area (Å²) >= 11 is 0. The van der Waals surface area contributed by atoms with Gasteiger partial charge in [0.1, 0.15) is 6.10 Å². The number of hydrogen-bond donors (Lipinski definition) is 1. The molecule has 0 amide bonds. The van der Waals surface area contributed by atoms with E-state index in [1.807, 2.05) is 17.1 Å². The molecule has 0 spiro atoms. The molecule has 1 aliphatic rings. The summed E-state index contributed by atoms with van der Waals surface area (Å²) in [5, 5.41) is 4.30. The summed E-state index contributed by atoms with van der Waals surface area (Å²) < 4.78 is 8.02. The van der Waals surface area contributed by atoms with Gasteiger partial charge in [0, 0.05) is 24.4 Å². The normalized spacial score (nSPS) is 25.8. The Kier molecular flexibility index (Phi) is 3.95. The second kappa shape index (κ2) is 5.31. The Labute approximate surface area is 110 Å². The zero-order chi connectivity index (χ0) is 13.2. The van der Waals surface area contributed by atoms with Crippen LogP contribution < -0.4 is 10.5 Å². The van der Waals surface area contributed by atoms with Crippen LogP contribution >= 0.6 is 0 Å². The summed E-state index contributed by atoms with van der Waals surface area (Å²) in [5.74, 6) is 0.881. The van der Waals surface area contributed by atoms with Crippen LogP contribution in [0.5, 0.6) is 5.75 Å². The van der Waals surface area contributed by atoms with Crippen molar-refractivity contribution < 1.29 is 4.74 Å². The summed E-state index contributed by atoms with van der Waals surface area (Å²) in [6, 6.07) is 0.281. The van der Waals surface area contributed by atoms with E-state index < -0.39 is 0 Å². The molecular weight excluding hydrogens is 226 g/mol. The second-order valence-electron chi connectivity index (χ2n) is 5.33. The number of hydrogen-bond acceptors (Lipinski definition) is 3. The molecule has 0 aliphatic heterocycles. The Morgan fingerprint density at radius 2 is 2.17 bits per heavy atom. The molecule has 0 aromatic carbocycles. The molecule has 4 nitrogen and oxygen atoms in total. The third kappa shape index (κ3) is 2.14. The van der Waals surface area contributed by atoms with E-state index in [0.29, 0.717) is 0 Å². The molecule has 1 heterocycles. The van der Waals surface area contributed by atoms with Crippen molar-refractivity contribution in [1.29, 1.82) is 0 Å². The average Bonchev–Trinajstić information content (AvgIpc) is 2.78. The largest absolute Gasteiger partial charge is 0.486 e. The van der Waals surface area contributed by atoms with E-state index in [4.69, 9.17) is 10.5 Å². The summed E-state index contributed by atoms with van der Waals surface area (Å²) in [7, 11) is 0. The molecule has 2 N–H and O–H groups in total.